The first-order valence-electron chi connectivity index (χ1n) is 10.6. The molecule has 0 bridgehead atoms. The molecule has 0 unspecified atom stereocenters. The van der Waals surface area contributed by atoms with Crippen molar-refractivity contribution in [1.82, 2.24) is 14.4 Å². The van der Waals surface area contributed by atoms with Crippen molar-refractivity contribution in [1.29, 1.82) is 5.26 Å². The van der Waals surface area contributed by atoms with Crippen LogP contribution in [0.4, 0.5) is 16.3 Å². The fourth-order valence-corrected chi connectivity index (χ4v) is 3.68. The van der Waals surface area contributed by atoms with Gasteiger partial charge in [-0.2, -0.15) is 5.26 Å². The molecule has 4 rings (SSSR count). The SMILES string of the molecule is COC(=O)Nc1ccc(-c2cnc3ccc(C(=O)N(CCC#N)c4ccc(Cl)c(C)c4)cn23)cn1. The van der Waals surface area contributed by atoms with Gasteiger partial charge in [0.05, 0.1) is 37.1 Å². The molecule has 0 atom stereocenters. The summed E-state index contributed by atoms with van der Waals surface area (Å²) in [5.74, 6) is 0.0935. The molecule has 0 fully saturated rings. The Hall–Kier alpha value is -4.42. The van der Waals surface area contributed by atoms with E-state index in [2.05, 4.69) is 26.1 Å². The first-order valence-corrected chi connectivity index (χ1v) is 11.0. The van der Waals surface area contributed by atoms with Crippen molar-refractivity contribution in [2.75, 3.05) is 23.9 Å². The number of anilines is 2. The Morgan fingerprint density at radius 2 is 2.00 bits per heavy atom. The molecule has 0 radical (unpaired) electrons. The van der Waals surface area contributed by atoms with Crippen molar-refractivity contribution in [3.8, 4) is 17.3 Å². The Morgan fingerprint density at radius 1 is 1.17 bits per heavy atom. The number of carbonyl (C=O) groups excluding carboxylic acids is 2. The number of rotatable bonds is 6. The molecular weight excluding hydrogens is 468 g/mol. The molecule has 0 saturated carbocycles. The molecule has 0 aliphatic carbocycles. The van der Waals surface area contributed by atoms with Crippen LogP contribution in [0.2, 0.25) is 5.02 Å². The van der Waals surface area contributed by atoms with Gasteiger partial charge in [-0.3, -0.25) is 14.5 Å². The summed E-state index contributed by atoms with van der Waals surface area (Å²) in [5.41, 5.74) is 4.04. The number of nitriles is 1. The van der Waals surface area contributed by atoms with Gasteiger partial charge in [0.2, 0.25) is 0 Å². The van der Waals surface area contributed by atoms with E-state index in [1.54, 1.807) is 64.3 Å². The van der Waals surface area contributed by atoms with E-state index in [1.807, 2.05) is 13.0 Å². The van der Waals surface area contributed by atoms with Crippen LogP contribution in [-0.4, -0.2) is 40.0 Å². The highest BCUT2D eigenvalue weighted by Crippen LogP contribution is 2.26. The molecule has 1 N–H and O–H groups in total. The molecule has 0 aliphatic heterocycles. The van der Waals surface area contributed by atoms with Gasteiger partial charge in [-0.1, -0.05) is 11.6 Å². The quantitative estimate of drug-likeness (QED) is 0.404. The van der Waals surface area contributed by atoms with Crippen LogP contribution in [0, 0.1) is 18.3 Å². The Bertz CT molecular complexity index is 1440. The van der Waals surface area contributed by atoms with Gasteiger partial charge in [0.15, 0.2) is 0 Å². The molecule has 35 heavy (non-hydrogen) atoms. The number of aromatic nitrogens is 3. The summed E-state index contributed by atoms with van der Waals surface area (Å²) < 4.78 is 6.37. The molecule has 3 heterocycles. The Kier molecular flexibility index (Phi) is 6.94. The van der Waals surface area contributed by atoms with E-state index in [-0.39, 0.29) is 18.9 Å². The number of methoxy groups -OCH3 is 1. The normalized spacial score (nSPS) is 10.6. The highest BCUT2D eigenvalue weighted by Gasteiger charge is 2.20. The van der Waals surface area contributed by atoms with Crippen LogP contribution in [0.1, 0.15) is 22.3 Å². The third-order valence-electron chi connectivity index (χ3n) is 5.37. The molecule has 3 aromatic heterocycles. The predicted octanol–water partition coefficient (Wildman–Crippen LogP) is 5.10. The van der Waals surface area contributed by atoms with Crippen LogP contribution in [0.25, 0.3) is 16.9 Å². The number of pyridine rings is 2. The van der Waals surface area contributed by atoms with Gasteiger partial charge in [-0.15, -0.1) is 0 Å². The first kappa shape index (κ1) is 23.7. The number of hydrogen-bond donors (Lipinski definition) is 1. The van der Waals surface area contributed by atoms with Crippen molar-refractivity contribution >= 4 is 40.8 Å². The highest BCUT2D eigenvalue weighted by molar-refractivity contribution is 6.31. The van der Waals surface area contributed by atoms with Gasteiger partial charge in [-0.05, 0) is 55.0 Å². The third-order valence-corrected chi connectivity index (χ3v) is 5.80. The summed E-state index contributed by atoms with van der Waals surface area (Å²) in [6.45, 7) is 2.10. The van der Waals surface area contributed by atoms with Crippen molar-refractivity contribution in [3.05, 3.63) is 77.2 Å². The van der Waals surface area contributed by atoms with E-state index in [4.69, 9.17) is 16.9 Å². The first-order chi connectivity index (χ1) is 16.9. The number of halogens is 1. The van der Waals surface area contributed by atoms with E-state index in [0.717, 1.165) is 16.8 Å². The molecular formula is C25H21ClN6O3. The number of carbonyl (C=O) groups is 2. The van der Waals surface area contributed by atoms with Crippen LogP contribution >= 0.6 is 11.6 Å². The van der Waals surface area contributed by atoms with E-state index in [0.29, 0.717) is 27.7 Å². The van der Waals surface area contributed by atoms with E-state index >= 15 is 0 Å². The zero-order chi connectivity index (χ0) is 24.9. The van der Waals surface area contributed by atoms with Crippen LogP contribution < -0.4 is 10.2 Å². The van der Waals surface area contributed by atoms with E-state index in [9.17, 15) is 9.59 Å². The van der Waals surface area contributed by atoms with Gasteiger partial charge in [0.25, 0.3) is 5.91 Å². The van der Waals surface area contributed by atoms with Gasteiger partial charge in [0.1, 0.15) is 11.5 Å². The minimum Gasteiger partial charge on any atom is -0.453 e. The summed E-state index contributed by atoms with van der Waals surface area (Å²) in [4.78, 5) is 35.1. The van der Waals surface area contributed by atoms with E-state index in [1.165, 1.54) is 7.11 Å². The van der Waals surface area contributed by atoms with E-state index < -0.39 is 6.09 Å². The molecule has 176 valence electrons. The molecule has 0 saturated heterocycles. The topological polar surface area (TPSA) is 113 Å². The molecule has 9 nitrogen and oxygen atoms in total. The maximum atomic E-state index is 13.5. The van der Waals surface area contributed by atoms with Crippen molar-refractivity contribution in [2.24, 2.45) is 0 Å². The van der Waals surface area contributed by atoms with Crippen LogP contribution in [0.15, 0.2) is 61.1 Å². The Labute approximate surface area is 206 Å². The zero-order valence-electron chi connectivity index (χ0n) is 19.0. The van der Waals surface area contributed by atoms with Crippen molar-refractivity contribution in [2.45, 2.75) is 13.3 Å². The third kappa shape index (κ3) is 5.08. The van der Waals surface area contributed by atoms with Gasteiger partial charge >= 0.3 is 6.09 Å². The number of hydrogen-bond acceptors (Lipinski definition) is 6. The van der Waals surface area contributed by atoms with Gasteiger partial charge in [0, 0.05) is 35.2 Å². The Balaban J connectivity index is 1.68. The average molecular weight is 489 g/mol. The summed E-state index contributed by atoms with van der Waals surface area (Å²) in [5, 5.41) is 12.2. The predicted molar refractivity (Wildman–Crippen MR) is 133 cm³/mol. The van der Waals surface area contributed by atoms with Gasteiger partial charge in [-0.25, -0.2) is 14.8 Å². The molecule has 2 amide bonds. The molecule has 1 aromatic carbocycles. The monoisotopic (exact) mass is 488 g/mol. The lowest BCUT2D eigenvalue weighted by Gasteiger charge is -2.23. The summed E-state index contributed by atoms with van der Waals surface area (Å²) in [6, 6.07) is 14.3. The number of amides is 2. The number of benzene rings is 1. The Morgan fingerprint density at radius 3 is 2.69 bits per heavy atom. The lowest BCUT2D eigenvalue weighted by molar-refractivity contribution is 0.0987. The molecule has 0 aliphatic rings. The second-order valence-electron chi connectivity index (χ2n) is 7.64. The number of nitrogens with one attached hydrogen (secondary N) is 1. The molecule has 10 heteroatoms. The number of fused-ring (bicyclic) bond motifs is 1. The molecule has 4 aromatic rings. The lowest BCUT2D eigenvalue weighted by Crippen LogP contribution is -2.32. The lowest BCUT2D eigenvalue weighted by atomic mass is 10.1. The van der Waals surface area contributed by atoms with Crippen molar-refractivity contribution in [3.63, 3.8) is 0 Å². The fraction of sp³-hybridized carbons (Fsp3) is 0.160. The second kappa shape index (κ2) is 10.2. The summed E-state index contributed by atoms with van der Waals surface area (Å²) in [7, 11) is 1.27. The van der Waals surface area contributed by atoms with Crippen LogP contribution in [0.5, 0.6) is 0 Å². The number of aryl methyl sites for hydroxylation is 1. The standard InChI is InChI=1S/C25H21ClN6O3/c1-16-12-19(6-7-20(16)26)31(11-3-10-27)24(33)18-5-9-23-29-14-21(32(23)15-18)17-4-8-22(28-13-17)30-25(34)35-2/h4-9,12-15H,3,11H2,1-2H3,(H,28,30,34). The highest BCUT2D eigenvalue weighted by atomic mass is 35.5. The molecule has 0 spiro atoms. The minimum atomic E-state index is -0.611. The fourth-order valence-electron chi connectivity index (χ4n) is 3.56. The van der Waals surface area contributed by atoms with Crippen LogP contribution in [-0.2, 0) is 4.74 Å². The number of imidazole rings is 1. The largest absolute Gasteiger partial charge is 0.453 e. The van der Waals surface area contributed by atoms with Crippen molar-refractivity contribution < 1.29 is 14.3 Å². The zero-order valence-corrected chi connectivity index (χ0v) is 19.8. The minimum absolute atomic E-state index is 0.184. The summed E-state index contributed by atoms with van der Waals surface area (Å²) in [6.07, 6.45) is 4.56. The average Bonchev–Trinajstić information content (AvgIpc) is 3.30. The van der Waals surface area contributed by atoms with Crippen LogP contribution in [0.3, 0.4) is 0 Å². The maximum absolute atomic E-state index is 13.5. The number of nitrogens with zero attached hydrogens (tertiary/aromatic N) is 5. The van der Waals surface area contributed by atoms with Gasteiger partial charge < -0.3 is 9.64 Å². The smallest absolute Gasteiger partial charge is 0.412 e. The summed E-state index contributed by atoms with van der Waals surface area (Å²) >= 11 is 6.16. The maximum Gasteiger partial charge on any atom is 0.412 e. The second-order valence-corrected chi connectivity index (χ2v) is 8.04. The number of ether oxygens (including phenoxy) is 1.